The summed E-state index contributed by atoms with van der Waals surface area (Å²) in [6.07, 6.45) is 1.76. The predicted octanol–water partition coefficient (Wildman–Crippen LogP) is 3.44. The van der Waals surface area contributed by atoms with Crippen LogP contribution in [0.1, 0.15) is 5.56 Å². The van der Waals surface area contributed by atoms with Gasteiger partial charge in [0.25, 0.3) is 15.9 Å². The zero-order valence-corrected chi connectivity index (χ0v) is 17.7. The first-order chi connectivity index (χ1) is 15.4. The summed E-state index contributed by atoms with van der Waals surface area (Å²) in [5.41, 5.74) is 7.55. The molecule has 4 N–H and O–H groups in total. The van der Waals surface area contributed by atoms with Crippen molar-refractivity contribution in [2.45, 2.75) is 17.4 Å². The second-order valence-corrected chi connectivity index (χ2v) is 8.91. The molecule has 1 atom stereocenters. The van der Waals surface area contributed by atoms with E-state index in [0.29, 0.717) is 11.5 Å². The Kier molecular flexibility index (Phi) is 5.95. The van der Waals surface area contributed by atoms with Crippen LogP contribution in [0.4, 0.5) is 0 Å². The minimum atomic E-state index is -4.50. The molecule has 1 amide bonds. The van der Waals surface area contributed by atoms with Crippen LogP contribution in [0, 0.1) is 0 Å². The van der Waals surface area contributed by atoms with Crippen molar-refractivity contribution in [1.82, 2.24) is 9.45 Å². The van der Waals surface area contributed by atoms with E-state index in [1.165, 1.54) is 24.3 Å². The predicted molar refractivity (Wildman–Crippen MR) is 119 cm³/mol. The molecule has 0 fully saturated rings. The Morgan fingerprint density at radius 3 is 2.31 bits per heavy atom. The van der Waals surface area contributed by atoms with Crippen LogP contribution in [0.5, 0.6) is 11.5 Å². The zero-order valence-electron chi connectivity index (χ0n) is 16.9. The summed E-state index contributed by atoms with van der Waals surface area (Å²) in [4.78, 5) is 15.4. The molecular weight excluding hydrogens is 430 g/mol. The first-order valence-electron chi connectivity index (χ1n) is 9.78. The number of sulfonamides is 1. The maximum atomic E-state index is 12.7. The van der Waals surface area contributed by atoms with E-state index in [2.05, 4.69) is 4.98 Å². The molecule has 0 aliphatic rings. The van der Waals surface area contributed by atoms with Crippen molar-refractivity contribution in [3.8, 4) is 11.5 Å². The number of nitrogens with two attached hydrogens (primary N) is 1. The first-order valence-corrected chi connectivity index (χ1v) is 11.2. The molecule has 0 spiro atoms. The van der Waals surface area contributed by atoms with E-state index in [1.807, 2.05) is 42.5 Å². The Bertz CT molecular complexity index is 1340. The standard InChI is InChI=1S/C23H21N3O5S/c24-21(14-16-15-25-22-9-5-4-8-20(16)22)23(27)26(28)32(29,30)19-12-10-18(11-13-19)31-17-6-2-1-3-7-17/h1-13,15,21,25,28H,14,24H2/t21-/m1/s1. The topological polar surface area (TPSA) is 126 Å². The summed E-state index contributed by atoms with van der Waals surface area (Å²) in [7, 11) is -4.50. The second-order valence-electron chi connectivity index (χ2n) is 7.14. The van der Waals surface area contributed by atoms with Crippen molar-refractivity contribution >= 4 is 26.8 Å². The van der Waals surface area contributed by atoms with E-state index in [4.69, 9.17) is 10.5 Å². The summed E-state index contributed by atoms with van der Waals surface area (Å²) in [5.74, 6) is -0.132. The van der Waals surface area contributed by atoms with Gasteiger partial charge >= 0.3 is 0 Å². The third-order valence-electron chi connectivity index (χ3n) is 4.95. The lowest BCUT2D eigenvalue weighted by molar-refractivity contribution is -0.147. The number of carbonyl (C=O) groups excluding carboxylic acids is 1. The van der Waals surface area contributed by atoms with E-state index in [-0.39, 0.29) is 15.8 Å². The number of nitrogens with zero attached hydrogens (tertiary/aromatic N) is 1. The number of ether oxygens (including phenoxy) is 1. The number of nitrogens with one attached hydrogen (secondary N) is 1. The minimum absolute atomic E-state index is 0.0548. The minimum Gasteiger partial charge on any atom is -0.457 e. The highest BCUT2D eigenvalue weighted by Gasteiger charge is 2.32. The Morgan fingerprint density at radius 1 is 0.969 bits per heavy atom. The van der Waals surface area contributed by atoms with Crippen LogP contribution in [-0.2, 0) is 21.2 Å². The number of para-hydroxylation sites is 2. The highest BCUT2D eigenvalue weighted by molar-refractivity contribution is 7.89. The molecule has 8 nitrogen and oxygen atoms in total. The Labute approximate surface area is 184 Å². The molecule has 0 bridgehead atoms. The number of rotatable bonds is 7. The van der Waals surface area contributed by atoms with Gasteiger partial charge in [0.1, 0.15) is 11.5 Å². The Morgan fingerprint density at radius 2 is 1.59 bits per heavy atom. The largest absolute Gasteiger partial charge is 0.457 e. The summed E-state index contributed by atoms with van der Waals surface area (Å²) in [6, 6.07) is 20.5. The molecule has 0 unspecified atom stereocenters. The molecule has 0 aliphatic carbocycles. The van der Waals surface area contributed by atoms with E-state index in [0.717, 1.165) is 16.5 Å². The van der Waals surface area contributed by atoms with Gasteiger partial charge in [-0.3, -0.25) is 10.0 Å². The molecule has 0 aliphatic heterocycles. The van der Waals surface area contributed by atoms with Crippen LogP contribution >= 0.6 is 0 Å². The van der Waals surface area contributed by atoms with Crippen LogP contribution < -0.4 is 10.5 Å². The molecule has 32 heavy (non-hydrogen) atoms. The number of carbonyl (C=O) groups is 1. The molecule has 164 valence electrons. The average molecular weight is 452 g/mol. The third-order valence-corrected chi connectivity index (χ3v) is 6.45. The number of hydrogen-bond acceptors (Lipinski definition) is 6. The van der Waals surface area contributed by atoms with E-state index in [9.17, 15) is 18.4 Å². The van der Waals surface area contributed by atoms with Crippen molar-refractivity contribution < 1.29 is 23.2 Å². The van der Waals surface area contributed by atoms with Gasteiger partial charge in [0.05, 0.1) is 10.9 Å². The maximum absolute atomic E-state index is 12.7. The van der Waals surface area contributed by atoms with Gasteiger partial charge in [-0.15, -0.1) is 4.47 Å². The van der Waals surface area contributed by atoms with Crippen LogP contribution in [0.2, 0.25) is 0 Å². The highest BCUT2D eigenvalue weighted by Crippen LogP contribution is 2.24. The zero-order chi connectivity index (χ0) is 22.7. The van der Waals surface area contributed by atoms with E-state index < -0.39 is 22.0 Å². The number of H-pyrrole nitrogens is 1. The molecule has 0 saturated heterocycles. The molecule has 1 heterocycles. The first kappa shape index (κ1) is 21.6. The smallest absolute Gasteiger partial charge is 0.289 e. The normalized spacial score (nSPS) is 12.4. The Balaban J connectivity index is 1.47. The van der Waals surface area contributed by atoms with Crippen LogP contribution in [-0.4, -0.2) is 35.0 Å². The number of amides is 1. The fourth-order valence-electron chi connectivity index (χ4n) is 3.29. The lowest BCUT2D eigenvalue weighted by Gasteiger charge is -2.19. The number of benzene rings is 3. The van der Waals surface area contributed by atoms with Gasteiger partial charge in [-0.1, -0.05) is 36.4 Å². The number of hydrogen-bond donors (Lipinski definition) is 3. The molecule has 4 aromatic rings. The fourth-order valence-corrected chi connectivity index (χ4v) is 4.34. The lowest BCUT2D eigenvalue weighted by atomic mass is 10.1. The summed E-state index contributed by atoms with van der Waals surface area (Å²) in [6.45, 7) is 0. The lowest BCUT2D eigenvalue weighted by Crippen LogP contribution is -2.45. The quantitative estimate of drug-likeness (QED) is 0.292. The number of fused-ring (bicyclic) bond motifs is 1. The number of hydroxylamine groups is 1. The number of aromatic amines is 1. The summed E-state index contributed by atoms with van der Waals surface area (Å²) < 4.78 is 30.8. The van der Waals surface area contributed by atoms with Gasteiger partial charge in [-0.25, -0.2) is 0 Å². The van der Waals surface area contributed by atoms with Gasteiger partial charge in [0.2, 0.25) is 0 Å². The van der Waals surface area contributed by atoms with Gasteiger partial charge in [0, 0.05) is 17.1 Å². The van der Waals surface area contributed by atoms with Crippen molar-refractivity contribution in [3.63, 3.8) is 0 Å². The van der Waals surface area contributed by atoms with Crippen molar-refractivity contribution in [3.05, 3.63) is 90.6 Å². The SMILES string of the molecule is N[C@H](Cc1c[nH]c2ccccc12)C(=O)N(O)S(=O)(=O)c1ccc(Oc2ccccc2)cc1. The monoisotopic (exact) mass is 451 g/mol. The molecule has 0 radical (unpaired) electrons. The summed E-state index contributed by atoms with van der Waals surface area (Å²) >= 11 is 0. The molecule has 0 saturated carbocycles. The van der Waals surface area contributed by atoms with Crippen LogP contribution in [0.3, 0.4) is 0 Å². The van der Waals surface area contributed by atoms with Crippen molar-refractivity contribution in [2.75, 3.05) is 0 Å². The van der Waals surface area contributed by atoms with Gasteiger partial charge < -0.3 is 15.5 Å². The van der Waals surface area contributed by atoms with Crippen LogP contribution in [0.15, 0.2) is 90.0 Å². The highest BCUT2D eigenvalue weighted by atomic mass is 32.2. The Hall–Kier alpha value is -3.66. The molecule has 3 aromatic carbocycles. The van der Waals surface area contributed by atoms with Gasteiger partial charge in [-0.05, 0) is 54.4 Å². The van der Waals surface area contributed by atoms with Gasteiger partial charge in [0.15, 0.2) is 0 Å². The summed E-state index contributed by atoms with van der Waals surface area (Å²) in [5, 5.41) is 11.1. The molecular formula is C23H21N3O5S. The molecule has 9 heteroatoms. The third kappa shape index (κ3) is 4.35. The number of aromatic nitrogens is 1. The second kappa shape index (κ2) is 8.83. The van der Waals surface area contributed by atoms with Crippen molar-refractivity contribution in [1.29, 1.82) is 0 Å². The van der Waals surface area contributed by atoms with Crippen LogP contribution in [0.25, 0.3) is 10.9 Å². The van der Waals surface area contributed by atoms with Crippen molar-refractivity contribution in [2.24, 2.45) is 5.73 Å². The van der Waals surface area contributed by atoms with E-state index in [1.54, 1.807) is 18.3 Å². The van der Waals surface area contributed by atoms with E-state index >= 15 is 0 Å². The molecule has 4 rings (SSSR count). The van der Waals surface area contributed by atoms with Gasteiger partial charge in [-0.2, -0.15) is 8.42 Å². The fraction of sp³-hybridized carbons (Fsp3) is 0.0870. The molecule has 1 aromatic heterocycles. The maximum Gasteiger partial charge on any atom is 0.289 e. The average Bonchev–Trinajstić information content (AvgIpc) is 3.22.